The number of nitrogens with zero attached hydrogens (tertiary/aromatic N) is 4. The smallest absolute Gasteiger partial charge is 0.229 e. The Hall–Kier alpha value is -2.81. The molecular weight excluding hydrogens is 336 g/mol. The molecule has 6 rings (SSSR count). The first-order chi connectivity index (χ1) is 13.2. The second-order valence-electron chi connectivity index (χ2n) is 8.39. The van der Waals surface area contributed by atoms with E-state index in [1.54, 1.807) is 0 Å². The van der Waals surface area contributed by atoms with Gasteiger partial charge in [0.25, 0.3) is 0 Å². The fourth-order valence-corrected chi connectivity index (χ4v) is 4.69. The van der Waals surface area contributed by atoms with Crippen molar-refractivity contribution in [1.82, 2.24) is 24.7 Å². The molecule has 2 N–H and O–H groups in total. The first-order valence-corrected chi connectivity index (χ1v) is 9.88. The fraction of sp³-hybridized carbons (Fsp3) is 0.476. The molecule has 0 aromatic carbocycles. The summed E-state index contributed by atoms with van der Waals surface area (Å²) in [5.74, 6) is 5.75. The minimum absolute atomic E-state index is 0.494. The number of fused-ring (bicyclic) bond motifs is 2. The number of rotatable bonds is 4. The van der Waals surface area contributed by atoms with E-state index in [9.17, 15) is 0 Å². The van der Waals surface area contributed by atoms with Crippen LogP contribution in [0, 0.1) is 31.1 Å². The molecule has 3 saturated carbocycles. The molecule has 3 aromatic heterocycles. The summed E-state index contributed by atoms with van der Waals surface area (Å²) in [7, 11) is 0. The van der Waals surface area contributed by atoms with Gasteiger partial charge in [0.15, 0.2) is 0 Å². The van der Waals surface area contributed by atoms with Gasteiger partial charge in [-0.05, 0) is 50.9 Å². The second kappa shape index (κ2) is 5.35. The van der Waals surface area contributed by atoms with Crippen LogP contribution in [0.15, 0.2) is 12.4 Å². The van der Waals surface area contributed by atoms with Gasteiger partial charge >= 0.3 is 0 Å². The highest BCUT2D eigenvalue weighted by molar-refractivity contribution is 5.87. The van der Waals surface area contributed by atoms with Crippen molar-refractivity contribution in [2.24, 2.45) is 11.8 Å². The van der Waals surface area contributed by atoms with E-state index in [-0.39, 0.29) is 0 Å². The van der Waals surface area contributed by atoms with Gasteiger partial charge in [0.2, 0.25) is 5.95 Å². The molecule has 3 heterocycles. The predicted molar refractivity (Wildman–Crippen MR) is 104 cm³/mol. The Morgan fingerprint density at radius 2 is 2.04 bits per heavy atom. The van der Waals surface area contributed by atoms with Crippen LogP contribution in [-0.4, -0.2) is 24.7 Å². The summed E-state index contributed by atoms with van der Waals surface area (Å²) in [6.45, 7) is 2.04. The molecule has 0 radical (unpaired) electrons. The normalized spacial score (nSPS) is 26.1. The van der Waals surface area contributed by atoms with E-state index in [2.05, 4.69) is 32.1 Å². The quantitative estimate of drug-likeness (QED) is 0.691. The van der Waals surface area contributed by atoms with Gasteiger partial charge in [0.05, 0.1) is 34.1 Å². The molecule has 3 aliphatic carbocycles. The van der Waals surface area contributed by atoms with E-state index in [0.29, 0.717) is 17.9 Å². The number of nitrogens with one attached hydrogen (secondary N) is 2. The number of hydrogen-bond acceptors (Lipinski definition) is 4. The van der Waals surface area contributed by atoms with Crippen molar-refractivity contribution < 1.29 is 0 Å². The lowest BCUT2D eigenvalue weighted by molar-refractivity contribution is 0.425. The molecule has 2 atom stereocenters. The van der Waals surface area contributed by atoms with Crippen LogP contribution in [0.1, 0.15) is 61.0 Å². The molecule has 0 aliphatic heterocycles. The van der Waals surface area contributed by atoms with E-state index in [1.165, 1.54) is 32.1 Å². The van der Waals surface area contributed by atoms with Crippen LogP contribution in [0.2, 0.25) is 0 Å². The zero-order valence-electron chi connectivity index (χ0n) is 15.4. The number of anilines is 2. The summed E-state index contributed by atoms with van der Waals surface area (Å²) < 4.78 is 2.15. The fourth-order valence-electron chi connectivity index (χ4n) is 4.69. The van der Waals surface area contributed by atoms with Gasteiger partial charge in [-0.3, -0.25) is 4.68 Å². The molecule has 3 fully saturated rings. The minimum atomic E-state index is 0.494. The number of aryl methyl sites for hydroxylation is 1. The van der Waals surface area contributed by atoms with Gasteiger partial charge in [-0.15, -0.1) is 6.42 Å². The Bertz CT molecular complexity index is 1090. The van der Waals surface area contributed by atoms with Gasteiger partial charge in [-0.1, -0.05) is 5.92 Å². The van der Waals surface area contributed by atoms with Crippen molar-refractivity contribution in [2.75, 3.05) is 5.32 Å². The van der Waals surface area contributed by atoms with E-state index < -0.39 is 0 Å². The van der Waals surface area contributed by atoms with Crippen LogP contribution in [0.25, 0.3) is 11.0 Å². The highest BCUT2D eigenvalue weighted by Gasteiger charge is 2.46. The predicted octanol–water partition coefficient (Wildman–Crippen LogP) is 4.04. The van der Waals surface area contributed by atoms with Crippen LogP contribution in [-0.2, 0) is 0 Å². The molecule has 3 aromatic rings. The van der Waals surface area contributed by atoms with Crippen LogP contribution < -0.4 is 5.32 Å². The minimum Gasteiger partial charge on any atom is -0.345 e. The van der Waals surface area contributed by atoms with Crippen molar-refractivity contribution in [2.45, 2.75) is 51.0 Å². The van der Waals surface area contributed by atoms with Crippen molar-refractivity contribution >= 4 is 22.7 Å². The average Bonchev–Trinajstić information content (AvgIpc) is 3.53. The van der Waals surface area contributed by atoms with Crippen LogP contribution in [0.4, 0.5) is 11.6 Å². The van der Waals surface area contributed by atoms with Crippen LogP contribution in [0.3, 0.4) is 0 Å². The van der Waals surface area contributed by atoms with Crippen molar-refractivity contribution in [3.05, 3.63) is 29.3 Å². The molecule has 2 unspecified atom stereocenters. The SMILES string of the molecule is C#Cc1c[nH]c2nc(Nc3cn(C4CC5CC5C4)nc3C)nc(C3CC3)c12. The largest absolute Gasteiger partial charge is 0.345 e. The lowest BCUT2D eigenvalue weighted by Gasteiger charge is -2.11. The van der Waals surface area contributed by atoms with E-state index >= 15 is 0 Å². The molecule has 6 heteroatoms. The van der Waals surface area contributed by atoms with Gasteiger partial charge in [-0.2, -0.15) is 10.1 Å². The number of terminal acetylenes is 1. The van der Waals surface area contributed by atoms with Gasteiger partial charge in [0, 0.05) is 18.3 Å². The first kappa shape index (κ1) is 15.3. The first-order valence-electron chi connectivity index (χ1n) is 9.88. The molecule has 6 nitrogen and oxygen atoms in total. The number of H-pyrrole nitrogens is 1. The summed E-state index contributed by atoms with van der Waals surface area (Å²) in [5, 5.41) is 9.16. The molecule has 0 amide bonds. The summed E-state index contributed by atoms with van der Waals surface area (Å²) in [5.41, 5.74) is 4.70. The average molecular weight is 358 g/mol. The number of hydrogen-bond donors (Lipinski definition) is 2. The third-order valence-corrected chi connectivity index (χ3v) is 6.44. The summed E-state index contributed by atoms with van der Waals surface area (Å²) in [6, 6.07) is 0.551. The third-order valence-electron chi connectivity index (χ3n) is 6.44. The van der Waals surface area contributed by atoms with Crippen LogP contribution >= 0.6 is 0 Å². The molecular formula is C21H22N6. The molecule has 136 valence electrons. The zero-order valence-corrected chi connectivity index (χ0v) is 15.4. The van der Waals surface area contributed by atoms with Crippen molar-refractivity contribution in [3.63, 3.8) is 0 Å². The topological polar surface area (TPSA) is 71.4 Å². The Kier molecular flexibility index (Phi) is 3.03. The maximum Gasteiger partial charge on any atom is 0.229 e. The Morgan fingerprint density at radius 1 is 1.22 bits per heavy atom. The molecule has 0 bridgehead atoms. The standard InChI is InChI=1S/C21H22N6/c1-3-12-9-22-20-18(12)19(13-4-5-13)24-21(25-20)23-17-10-27(26-11(17)2)16-7-14-6-15(14)8-16/h1,9-10,13-16H,4-8H2,2H3,(H2,22,23,24,25). The monoisotopic (exact) mass is 358 g/mol. The van der Waals surface area contributed by atoms with Gasteiger partial charge in [-0.25, -0.2) is 4.98 Å². The summed E-state index contributed by atoms with van der Waals surface area (Å²) in [6.07, 6.45) is 15.9. The zero-order chi connectivity index (χ0) is 18.1. The van der Waals surface area contributed by atoms with Crippen molar-refractivity contribution in [1.29, 1.82) is 0 Å². The Morgan fingerprint density at radius 3 is 2.78 bits per heavy atom. The maximum atomic E-state index is 5.65. The highest BCUT2D eigenvalue weighted by Crippen LogP contribution is 2.56. The molecule has 27 heavy (non-hydrogen) atoms. The molecule has 3 aliphatic rings. The number of aromatic nitrogens is 5. The Balaban J connectivity index is 1.34. The summed E-state index contributed by atoms with van der Waals surface area (Å²) in [4.78, 5) is 12.7. The molecule has 0 spiro atoms. The van der Waals surface area contributed by atoms with Gasteiger partial charge < -0.3 is 10.3 Å². The highest BCUT2D eigenvalue weighted by atomic mass is 15.3. The lowest BCUT2D eigenvalue weighted by Crippen LogP contribution is -2.07. The second-order valence-corrected chi connectivity index (χ2v) is 8.39. The Labute approximate surface area is 157 Å². The third kappa shape index (κ3) is 2.45. The summed E-state index contributed by atoms with van der Waals surface area (Å²) >= 11 is 0. The van der Waals surface area contributed by atoms with E-state index in [1.807, 2.05) is 13.1 Å². The maximum absolute atomic E-state index is 5.65. The van der Waals surface area contributed by atoms with Crippen molar-refractivity contribution in [3.8, 4) is 12.3 Å². The molecule has 0 saturated heterocycles. The van der Waals surface area contributed by atoms with Crippen LogP contribution in [0.5, 0.6) is 0 Å². The van der Waals surface area contributed by atoms with Gasteiger partial charge in [0.1, 0.15) is 5.65 Å². The van der Waals surface area contributed by atoms with E-state index in [0.717, 1.165) is 45.5 Å². The van der Waals surface area contributed by atoms with E-state index in [4.69, 9.17) is 16.5 Å². The lowest BCUT2D eigenvalue weighted by atomic mass is 10.1. The number of aromatic amines is 1.